The molecule has 0 aromatic carbocycles. The fraction of sp³-hybridized carbons (Fsp3) is 0.455. The minimum Gasteiger partial charge on any atom is -0.379 e. The van der Waals surface area contributed by atoms with E-state index in [1.54, 1.807) is 12.3 Å². The molecule has 86 valence electrons. The Morgan fingerprint density at radius 2 is 2.44 bits per heavy atom. The van der Waals surface area contributed by atoms with Gasteiger partial charge in [0.1, 0.15) is 5.54 Å². The number of carbonyl (C=O) groups is 1. The summed E-state index contributed by atoms with van der Waals surface area (Å²) in [5.41, 5.74) is 6.59. The van der Waals surface area contributed by atoms with Crippen molar-refractivity contribution in [3.05, 3.63) is 24.0 Å². The molecule has 1 aromatic heterocycles. The SMILES string of the molecule is Cc1ccc(NC(=O)C2(N)CCOC2)cn1. The van der Waals surface area contributed by atoms with Gasteiger partial charge in [0, 0.05) is 12.3 Å². The number of nitrogens with one attached hydrogen (secondary N) is 1. The first-order chi connectivity index (χ1) is 7.60. The maximum Gasteiger partial charge on any atom is 0.246 e. The van der Waals surface area contributed by atoms with E-state index in [1.165, 1.54) is 0 Å². The van der Waals surface area contributed by atoms with Crippen LogP contribution < -0.4 is 11.1 Å². The van der Waals surface area contributed by atoms with Crippen molar-refractivity contribution in [3.63, 3.8) is 0 Å². The minimum absolute atomic E-state index is 0.212. The highest BCUT2D eigenvalue weighted by Crippen LogP contribution is 2.18. The Morgan fingerprint density at radius 1 is 1.62 bits per heavy atom. The third kappa shape index (κ3) is 2.20. The zero-order valence-electron chi connectivity index (χ0n) is 9.19. The van der Waals surface area contributed by atoms with Gasteiger partial charge in [-0.15, -0.1) is 0 Å². The standard InChI is InChI=1S/C11H15N3O2/c1-8-2-3-9(6-13-8)14-10(15)11(12)4-5-16-7-11/h2-3,6H,4-5,7,12H2,1H3,(H,14,15). The Kier molecular flexibility index (Phi) is 2.89. The quantitative estimate of drug-likeness (QED) is 0.760. The van der Waals surface area contributed by atoms with E-state index in [-0.39, 0.29) is 12.5 Å². The zero-order valence-corrected chi connectivity index (χ0v) is 9.19. The zero-order chi connectivity index (χ0) is 11.6. The van der Waals surface area contributed by atoms with Crippen LogP contribution in [0.15, 0.2) is 18.3 Å². The van der Waals surface area contributed by atoms with Gasteiger partial charge in [0.25, 0.3) is 0 Å². The van der Waals surface area contributed by atoms with Crippen molar-refractivity contribution >= 4 is 11.6 Å². The summed E-state index contributed by atoms with van der Waals surface area (Å²) in [5, 5.41) is 2.75. The molecule has 1 aliphatic heterocycles. The summed E-state index contributed by atoms with van der Waals surface area (Å²) in [6.45, 7) is 2.70. The van der Waals surface area contributed by atoms with Crippen LogP contribution in [0.1, 0.15) is 12.1 Å². The molecule has 1 unspecified atom stereocenters. The van der Waals surface area contributed by atoms with E-state index in [4.69, 9.17) is 10.5 Å². The largest absolute Gasteiger partial charge is 0.379 e. The molecule has 0 saturated carbocycles. The Balaban J connectivity index is 2.04. The second-order valence-electron chi connectivity index (χ2n) is 4.10. The summed E-state index contributed by atoms with van der Waals surface area (Å²) in [5.74, 6) is -0.212. The molecule has 0 radical (unpaired) electrons. The maximum atomic E-state index is 11.9. The number of pyridine rings is 1. The Bertz CT molecular complexity index is 383. The molecule has 1 aromatic rings. The van der Waals surface area contributed by atoms with Gasteiger partial charge in [-0.2, -0.15) is 0 Å². The molecule has 2 heterocycles. The number of rotatable bonds is 2. The molecular weight excluding hydrogens is 206 g/mol. The van der Waals surface area contributed by atoms with Crippen LogP contribution in [-0.4, -0.2) is 29.6 Å². The van der Waals surface area contributed by atoms with E-state index < -0.39 is 5.54 Å². The average molecular weight is 221 g/mol. The predicted molar refractivity (Wildman–Crippen MR) is 60.0 cm³/mol. The third-order valence-corrected chi connectivity index (χ3v) is 2.67. The van der Waals surface area contributed by atoms with Crippen LogP contribution in [0, 0.1) is 6.92 Å². The van der Waals surface area contributed by atoms with E-state index in [0.717, 1.165) is 5.69 Å². The van der Waals surface area contributed by atoms with Crippen LogP contribution in [0.5, 0.6) is 0 Å². The van der Waals surface area contributed by atoms with Crippen molar-refractivity contribution in [3.8, 4) is 0 Å². The molecule has 5 heteroatoms. The second kappa shape index (κ2) is 4.19. The van der Waals surface area contributed by atoms with Gasteiger partial charge in [0.2, 0.25) is 5.91 Å². The van der Waals surface area contributed by atoms with Crippen LogP contribution in [0.4, 0.5) is 5.69 Å². The number of nitrogens with two attached hydrogens (primary N) is 1. The monoisotopic (exact) mass is 221 g/mol. The van der Waals surface area contributed by atoms with Gasteiger partial charge in [0.15, 0.2) is 0 Å². The first-order valence-corrected chi connectivity index (χ1v) is 5.21. The summed E-state index contributed by atoms with van der Waals surface area (Å²) in [4.78, 5) is 16.0. The van der Waals surface area contributed by atoms with Gasteiger partial charge in [0.05, 0.1) is 18.5 Å². The molecule has 16 heavy (non-hydrogen) atoms. The summed E-state index contributed by atoms with van der Waals surface area (Å²) >= 11 is 0. The van der Waals surface area contributed by atoms with Crippen molar-refractivity contribution in [2.24, 2.45) is 5.73 Å². The van der Waals surface area contributed by atoms with Gasteiger partial charge in [-0.1, -0.05) is 0 Å². The lowest BCUT2D eigenvalue weighted by Gasteiger charge is -2.20. The molecule has 2 rings (SSSR count). The smallest absolute Gasteiger partial charge is 0.246 e. The third-order valence-electron chi connectivity index (χ3n) is 2.67. The summed E-state index contributed by atoms with van der Waals surface area (Å²) in [6, 6.07) is 3.64. The first kappa shape index (κ1) is 11.0. The molecule has 5 nitrogen and oxygen atoms in total. The average Bonchev–Trinajstić information content (AvgIpc) is 2.70. The van der Waals surface area contributed by atoms with Crippen LogP contribution in [0.2, 0.25) is 0 Å². The van der Waals surface area contributed by atoms with E-state index in [1.807, 2.05) is 13.0 Å². The van der Waals surface area contributed by atoms with E-state index in [0.29, 0.717) is 18.7 Å². The van der Waals surface area contributed by atoms with Crippen LogP contribution >= 0.6 is 0 Å². The molecule has 1 saturated heterocycles. The lowest BCUT2D eigenvalue weighted by molar-refractivity contribution is -0.121. The van der Waals surface area contributed by atoms with Gasteiger partial charge >= 0.3 is 0 Å². The first-order valence-electron chi connectivity index (χ1n) is 5.21. The second-order valence-corrected chi connectivity index (χ2v) is 4.10. The van der Waals surface area contributed by atoms with Crippen LogP contribution in [0.25, 0.3) is 0 Å². The highest BCUT2D eigenvalue weighted by molar-refractivity contribution is 5.98. The number of nitrogens with zero attached hydrogens (tertiary/aromatic N) is 1. The molecule has 3 N–H and O–H groups in total. The number of hydrogen-bond donors (Lipinski definition) is 2. The Morgan fingerprint density at radius 3 is 3.00 bits per heavy atom. The van der Waals surface area contributed by atoms with E-state index in [2.05, 4.69) is 10.3 Å². The fourth-order valence-electron chi connectivity index (χ4n) is 1.56. The number of anilines is 1. The minimum atomic E-state index is -0.898. The molecule has 1 atom stereocenters. The lowest BCUT2D eigenvalue weighted by Crippen LogP contribution is -2.51. The van der Waals surface area contributed by atoms with Crippen LogP contribution in [0.3, 0.4) is 0 Å². The number of ether oxygens (including phenoxy) is 1. The highest BCUT2D eigenvalue weighted by atomic mass is 16.5. The summed E-state index contributed by atoms with van der Waals surface area (Å²) < 4.78 is 5.14. The van der Waals surface area contributed by atoms with Crippen molar-refractivity contribution < 1.29 is 9.53 Å². The predicted octanol–water partition coefficient (Wildman–Crippen LogP) is 0.446. The van der Waals surface area contributed by atoms with Crippen molar-refractivity contribution in [1.29, 1.82) is 0 Å². The summed E-state index contributed by atoms with van der Waals surface area (Å²) in [7, 11) is 0. The topological polar surface area (TPSA) is 77.2 Å². The highest BCUT2D eigenvalue weighted by Gasteiger charge is 2.38. The molecular formula is C11H15N3O2. The number of aromatic nitrogens is 1. The molecule has 0 aliphatic carbocycles. The molecule has 0 spiro atoms. The van der Waals surface area contributed by atoms with Gasteiger partial charge in [-0.25, -0.2) is 0 Å². The number of amides is 1. The van der Waals surface area contributed by atoms with Crippen molar-refractivity contribution in [1.82, 2.24) is 4.98 Å². The Labute approximate surface area is 94.0 Å². The summed E-state index contributed by atoms with van der Waals surface area (Å²) in [6.07, 6.45) is 2.17. The van der Waals surface area contributed by atoms with Gasteiger partial charge < -0.3 is 15.8 Å². The fourth-order valence-corrected chi connectivity index (χ4v) is 1.56. The van der Waals surface area contributed by atoms with Crippen molar-refractivity contribution in [2.45, 2.75) is 18.9 Å². The van der Waals surface area contributed by atoms with Crippen LogP contribution in [-0.2, 0) is 9.53 Å². The van der Waals surface area contributed by atoms with Gasteiger partial charge in [-0.3, -0.25) is 9.78 Å². The number of aryl methyl sites for hydroxylation is 1. The van der Waals surface area contributed by atoms with E-state index in [9.17, 15) is 4.79 Å². The van der Waals surface area contributed by atoms with Crippen molar-refractivity contribution in [2.75, 3.05) is 18.5 Å². The molecule has 0 bridgehead atoms. The molecule has 1 amide bonds. The van der Waals surface area contributed by atoms with E-state index >= 15 is 0 Å². The Hall–Kier alpha value is -1.46. The maximum absolute atomic E-state index is 11.9. The molecule has 1 aliphatic rings. The molecule has 1 fully saturated rings. The lowest BCUT2D eigenvalue weighted by atomic mass is 9.99. The normalized spacial score (nSPS) is 24.4. The van der Waals surface area contributed by atoms with Gasteiger partial charge in [-0.05, 0) is 25.5 Å². The number of hydrogen-bond acceptors (Lipinski definition) is 4. The number of carbonyl (C=O) groups excluding carboxylic acids is 1.